The molecule has 0 N–H and O–H groups in total. The Morgan fingerprint density at radius 2 is 1.65 bits per heavy atom. The number of rotatable bonds is 6. The van der Waals surface area contributed by atoms with Crippen molar-refractivity contribution in [1.29, 1.82) is 0 Å². The van der Waals surface area contributed by atoms with Crippen molar-refractivity contribution >= 4 is 31.8 Å². The molecule has 1 aliphatic rings. The molecule has 0 radical (unpaired) electrons. The second kappa shape index (κ2) is 9.78. The molecule has 0 bridgehead atoms. The van der Waals surface area contributed by atoms with Crippen LogP contribution in [0.25, 0.3) is 0 Å². The van der Waals surface area contributed by atoms with Gasteiger partial charge in [-0.2, -0.15) is 0 Å². The Morgan fingerprint density at radius 1 is 1.15 bits per heavy atom. The third-order valence-electron chi connectivity index (χ3n) is 4.57. The van der Waals surface area contributed by atoms with Crippen LogP contribution in [0.15, 0.2) is 0 Å². The van der Waals surface area contributed by atoms with Gasteiger partial charge < -0.3 is 0 Å². The van der Waals surface area contributed by atoms with E-state index in [1.165, 1.54) is 19.4 Å². The summed E-state index contributed by atoms with van der Waals surface area (Å²) in [5.41, 5.74) is 0. The summed E-state index contributed by atoms with van der Waals surface area (Å²) >= 11 is 0.831. The van der Waals surface area contributed by atoms with Crippen LogP contribution in [0, 0.1) is 0 Å². The molecule has 1 heterocycles. The average Bonchev–Trinajstić information content (AvgIpc) is 2.44. The van der Waals surface area contributed by atoms with Crippen LogP contribution in [0.4, 0.5) is 0 Å². The topological polar surface area (TPSA) is 0 Å². The first kappa shape index (κ1) is 23.8. The van der Waals surface area contributed by atoms with E-state index in [1.807, 2.05) is 0 Å². The van der Waals surface area contributed by atoms with Crippen LogP contribution in [0.3, 0.4) is 0 Å². The Hall–Kier alpha value is 5.73. The summed E-state index contributed by atoms with van der Waals surface area (Å²) in [4.78, 5) is 0. The predicted octanol–water partition coefficient (Wildman–Crippen LogP) is 6.39. The van der Waals surface area contributed by atoms with Crippen LogP contribution in [-0.2, 0) is 65.6 Å². The molecule has 0 saturated carbocycles. The minimum absolute atomic E-state index is 0.114. The first-order valence-electron chi connectivity index (χ1n) is 7.34. The molecule has 1 aliphatic heterocycles. The second-order valence-corrected chi connectivity index (χ2v) is 129. The molecule has 20 heavy (non-hydrogen) atoms. The Bertz CT molecular complexity index is 336. The van der Waals surface area contributed by atoms with Crippen LogP contribution >= 0.6 is 31.8 Å². The molecular formula is C10H26Cl2P2Ti6. The van der Waals surface area contributed by atoms with E-state index >= 15 is 0 Å². The Morgan fingerprint density at radius 3 is 2.00 bits per heavy atom. The fourth-order valence-corrected chi connectivity index (χ4v) is 655. The zero-order chi connectivity index (χ0) is 15.6. The fourth-order valence-electron chi connectivity index (χ4n) is 2.76. The van der Waals surface area contributed by atoms with Gasteiger partial charge in [0.1, 0.15) is 0 Å². The third-order valence-corrected chi connectivity index (χ3v) is 275. The molecule has 1 fully saturated rings. The van der Waals surface area contributed by atoms with Gasteiger partial charge in [-0.25, -0.2) is 0 Å². The van der Waals surface area contributed by atoms with Gasteiger partial charge in [0.25, 0.3) is 0 Å². The fraction of sp³-hybridized carbons (Fsp3) is 1.00. The van der Waals surface area contributed by atoms with Gasteiger partial charge in [0, 0.05) is 0 Å². The summed E-state index contributed by atoms with van der Waals surface area (Å²) in [6, 6.07) is 0. The Balaban J connectivity index is 3.28. The van der Waals surface area contributed by atoms with Gasteiger partial charge in [0.2, 0.25) is 0 Å². The Labute approximate surface area is 155 Å². The first-order chi connectivity index (χ1) is 9.15. The van der Waals surface area contributed by atoms with Gasteiger partial charge in [-0.05, 0) is 0 Å². The molecular weight excluding hydrogens is 540 g/mol. The van der Waals surface area contributed by atoms with Gasteiger partial charge in [0.05, 0.1) is 0 Å². The Kier molecular flexibility index (Phi) is 11.6. The van der Waals surface area contributed by atoms with E-state index < -0.39 is 27.4 Å². The molecule has 10 heteroatoms. The number of hydrogen-bond donors (Lipinski definition) is 0. The molecule has 114 valence electrons. The van der Waals surface area contributed by atoms with Crippen molar-refractivity contribution in [2.24, 2.45) is 0 Å². The zero-order valence-electron chi connectivity index (χ0n) is 13.3. The monoisotopic (exact) mass is 566 g/mol. The van der Waals surface area contributed by atoms with Crippen LogP contribution in [0.5, 0.6) is 0 Å². The molecule has 4 atom stereocenters. The van der Waals surface area contributed by atoms with E-state index in [0.29, 0.717) is 12.7 Å². The maximum atomic E-state index is 7.47. The molecule has 4 unspecified atom stereocenters. The van der Waals surface area contributed by atoms with Crippen LogP contribution in [0.2, 0.25) is 8.45 Å². The number of halogens is 2. The van der Waals surface area contributed by atoms with E-state index in [9.17, 15) is 0 Å². The molecule has 0 nitrogen and oxygen atoms in total. The summed E-state index contributed by atoms with van der Waals surface area (Å²) in [6.07, 6.45) is 0.0802. The SMILES string of the molecule is CC[CH](C)[Ti]1([CH](C)CC)[Ti][Ti]([PH]C)[Ti][Ti]([Cl])([Cl])([PH]C)[Ti]1. The van der Waals surface area contributed by atoms with E-state index in [0.717, 1.165) is 15.0 Å². The predicted molar refractivity (Wildman–Crippen MR) is 79.6 cm³/mol. The first-order valence-corrected chi connectivity index (χ1v) is 45.1. The molecule has 0 aromatic heterocycles. The summed E-state index contributed by atoms with van der Waals surface area (Å²) < 4.78 is 2.21. The van der Waals surface area contributed by atoms with Crippen LogP contribution in [-0.4, -0.2) is 13.3 Å². The second-order valence-electron chi connectivity index (χ2n) is 5.75. The normalized spacial score (nSPS) is 34.0. The van der Waals surface area contributed by atoms with Gasteiger partial charge in [-0.15, -0.1) is 0 Å². The van der Waals surface area contributed by atoms with Gasteiger partial charge in [-0.1, -0.05) is 0 Å². The van der Waals surface area contributed by atoms with E-state index in [2.05, 4.69) is 41.0 Å². The van der Waals surface area contributed by atoms with Gasteiger partial charge in [0.15, 0.2) is 0 Å². The summed E-state index contributed by atoms with van der Waals surface area (Å²) in [5, 5.41) is 0. The maximum absolute atomic E-state index is 7.47. The van der Waals surface area contributed by atoms with Crippen LogP contribution in [0.1, 0.15) is 40.5 Å². The molecule has 0 aromatic rings. The van der Waals surface area contributed by atoms with E-state index in [1.54, 1.807) is 0 Å². The molecule has 1 rings (SSSR count). The summed E-state index contributed by atoms with van der Waals surface area (Å²) in [6.45, 7) is 17.5. The van der Waals surface area contributed by atoms with Crippen LogP contribution < -0.4 is 0 Å². The molecule has 0 aliphatic carbocycles. The summed E-state index contributed by atoms with van der Waals surface area (Å²) in [7, 11) is 12.6. The van der Waals surface area contributed by atoms with Crippen molar-refractivity contribution in [3.05, 3.63) is 0 Å². The van der Waals surface area contributed by atoms with Crippen molar-refractivity contribution in [1.82, 2.24) is 0 Å². The third kappa shape index (κ3) is 5.86. The number of hydrogen-bond acceptors (Lipinski definition) is 0. The molecule has 0 aromatic carbocycles. The van der Waals surface area contributed by atoms with Crippen molar-refractivity contribution in [2.45, 2.75) is 49.0 Å². The molecule has 1 saturated heterocycles. The molecule has 0 spiro atoms. The van der Waals surface area contributed by atoms with Crippen molar-refractivity contribution < 1.29 is 65.6 Å². The minimum atomic E-state index is -2.81. The van der Waals surface area contributed by atoms with Gasteiger partial charge >= 0.3 is 160 Å². The van der Waals surface area contributed by atoms with Crippen molar-refractivity contribution in [3.8, 4) is 0 Å². The van der Waals surface area contributed by atoms with Crippen molar-refractivity contribution in [3.63, 3.8) is 0 Å². The van der Waals surface area contributed by atoms with E-state index in [4.69, 9.17) is 18.6 Å². The molecule has 0 amide bonds. The summed E-state index contributed by atoms with van der Waals surface area (Å²) in [5.74, 6) is 0. The quantitative estimate of drug-likeness (QED) is 0.258. The van der Waals surface area contributed by atoms with Gasteiger partial charge in [-0.3, -0.25) is 0 Å². The van der Waals surface area contributed by atoms with E-state index in [-0.39, 0.29) is 25.5 Å². The standard InChI is InChI=1S/2C4H9.2CH4P.2ClH.6Ti/c2*1-3-4-2;2*1-2;;;;;;;;/h2*3H,4H2,1-2H3;2*2H,1H3;2*1H;;;;;;/q;;2*-1;;;;;;;+1;+3/p-2. The van der Waals surface area contributed by atoms with Crippen molar-refractivity contribution in [2.75, 3.05) is 13.3 Å². The zero-order valence-corrected chi connectivity index (χ0v) is 26.2. The average molecular weight is 566 g/mol.